The van der Waals surface area contributed by atoms with Gasteiger partial charge in [-0.2, -0.15) is 5.10 Å². The zero-order chi connectivity index (χ0) is 13.1. The highest BCUT2D eigenvalue weighted by atomic mass is 16.5. The Kier molecular flexibility index (Phi) is 3.46. The van der Waals surface area contributed by atoms with Crippen molar-refractivity contribution in [2.24, 2.45) is 7.05 Å². The lowest BCUT2D eigenvalue weighted by molar-refractivity contribution is 0.0992. The SMILES string of the molecule is COc1ccc(C)cc1CC(=O)c1cnn(C)c1. The molecular formula is C14H16N2O2. The molecule has 2 aromatic rings. The molecule has 1 aromatic heterocycles. The van der Waals surface area contributed by atoms with Gasteiger partial charge in [-0.25, -0.2) is 0 Å². The van der Waals surface area contributed by atoms with Gasteiger partial charge in [0.2, 0.25) is 0 Å². The van der Waals surface area contributed by atoms with Gasteiger partial charge < -0.3 is 4.74 Å². The first-order chi connectivity index (χ1) is 8.60. The van der Waals surface area contributed by atoms with Crippen molar-refractivity contribution in [1.29, 1.82) is 0 Å². The van der Waals surface area contributed by atoms with Gasteiger partial charge in [-0.3, -0.25) is 9.48 Å². The van der Waals surface area contributed by atoms with Crippen LogP contribution in [0.1, 0.15) is 21.5 Å². The number of ketones is 1. The number of carbonyl (C=O) groups excluding carboxylic acids is 1. The molecule has 4 heteroatoms. The molecule has 0 N–H and O–H groups in total. The second kappa shape index (κ2) is 5.04. The van der Waals surface area contributed by atoms with E-state index in [9.17, 15) is 4.79 Å². The van der Waals surface area contributed by atoms with E-state index >= 15 is 0 Å². The van der Waals surface area contributed by atoms with Crippen LogP contribution < -0.4 is 4.74 Å². The van der Waals surface area contributed by atoms with E-state index in [2.05, 4.69) is 5.10 Å². The van der Waals surface area contributed by atoms with Crippen molar-refractivity contribution in [2.75, 3.05) is 7.11 Å². The molecule has 0 unspecified atom stereocenters. The predicted octanol–water partition coefficient (Wildman–Crippen LogP) is 2.16. The lowest BCUT2D eigenvalue weighted by Gasteiger charge is -2.08. The summed E-state index contributed by atoms with van der Waals surface area (Å²) in [5.41, 5.74) is 2.65. The Bertz CT molecular complexity index is 573. The summed E-state index contributed by atoms with van der Waals surface area (Å²) in [6, 6.07) is 5.84. The number of aryl methyl sites for hydroxylation is 2. The van der Waals surface area contributed by atoms with Crippen molar-refractivity contribution >= 4 is 5.78 Å². The van der Waals surface area contributed by atoms with Gasteiger partial charge in [0.1, 0.15) is 5.75 Å². The summed E-state index contributed by atoms with van der Waals surface area (Å²) in [6.45, 7) is 2.00. The zero-order valence-corrected chi connectivity index (χ0v) is 10.8. The average molecular weight is 244 g/mol. The van der Waals surface area contributed by atoms with E-state index in [0.717, 1.165) is 16.9 Å². The lowest BCUT2D eigenvalue weighted by atomic mass is 10.0. The van der Waals surface area contributed by atoms with Crippen LogP contribution >= 0.6 is 0 Å². The second-order valence-corrected chi connectivity index (χ2v) is 4.32. The van der Waals surface area contributed by atoms with Crippen molar-refractivity contribution in [3.8, 4) is 5.75 Å². The Morgan fingerprint density at radius 3 is 2.83 bits per heavy atom. The smallest absolute Gasteiger partial charge is 0.170 e. The topological polar surface area (TPSA) is 44.1 Å². The number of Topliss-reactive ketones (excluding diaryl/α,β-unsaturated/α-hetero) is 1. The normalized spacial score (nSPS) is 10.4. The maximum Gasteiger partial charge on any atom is 0.170 e. The summed E-state index contributed by atoms with van der Waals surface area (Å²) in [5, 5.41) is 4.00. The molecule has 0 aliphatic carbocycles. The first-order valence-electron chi connectivity index (χ1n) is 5.75. The van der Waals surface area contributed by atoms with Gasteiger partial charge in [0.25, 0.3) is 0 Å². The van der Waals surface area contributed by atoms with Crippen LogP contribution in [0.25, 0.3) is 0 Å². The highest BCUT2D eigenvalue weighted by Gasteiger charge is 2.12. The monoisotopic (exact) mass is 244 g/mol. The number of carbonyl (C=O) groups is 1. The molecule has 0 aliphatic rings. The van der Waals surface area contributed by atoms with E-state index in [1.54, 1.807) is 31.2 Å². The molecule has 18 heavy (non-hydrogen) atoms. The molecular weight excluding hydrogens is 228 g/mol. The van der Waals surface area contributed by atoms with Crippen LogP contribution in [-0.4, -0.2) is 22.7 Å². The van der Waals surface area contributed by atoms with Crippen LogP contribution in [0.15, 0.2) is 30.6 Å². The van der Waals surface area contributed by atoms with Gasteiger partial charge in [0, 0.05) is 25.2 Å². The molecule has 94 valence electrons. The quantitative estimate of drug-likeness (QED) is 0.774. The van der Waals surface area contributed by atoms with Crippen LogP contribution in [0, 0.1) is 6.92 Å². The molecule has 1 heterocycles. The minimum Gasteiger partial charge on any atom is -0.496 e. The highest BCUT2D eigenvalue weighted by Crippen LogP contribution is 2.21. The third-order valence-electron chi connectivity index (χ3n) is 2.81. The molecule has 4 nitrogen and oxygen atoms in total. The van der Waals surface area contributed by atoms with Crippen LogP contribution in [0.5, 0.6) is 5.75 Å². The number of rotatable bonds is 4. The Labute approximate surface area is 106 Å². The fourth-order valence-corrected chi connectivity index (χ4v) is 1.89. The third-order valence-corrected chi connectivity index (χ3v) is 2.81. The van der Waals surface area contributed by atoms with Crippen LogP contribution in [0.3, 0.4) is 0 Å². The Morgan fingerprint density at radius 1 is 1.44 bits per heavy atom. The molecule has 0 saturated heterocycles. The lowest BCUT2D eigenvalue weighted by Crippen LogP contribution is -2.04. The van der Waals surface area contributed by atoms with Crippen molar-refractivity contribution in [2.45, 2.75) is 13.3 Å². The van der Waals surface area contributed by atoms with Gasteiger partial charge in [-0.05, 0) is 13.0 Å². The number of aromatic nitrogens is 2. The maximum atomic E-state index is 12.1. The van der Waals surface area contributed by atoms with Gasteiger partial charge in [0.05, 0.1) is 18.9 Å². The fraction of sp³-hybridized carbons (Fsp3) is 0.286. The Balaban J connectivity index is 2.23. The number of hydrogen-bond donors (Lipinski definition) is 0. The molecule has 0 spiro atoms. The van der Waals surface area contributed by atoms with Crippen LogP contribution in [-0.2, 0) is 13.5 Å². The first-order valence-corrected chi connectivity index (χ1v) is 5.75. The summed E-state index contributed by atoms with van der Waals surface area (Å²) >= 11 is 0. The van der Waals surface area contributed by atoms with Crippen molar-refractivity contribution < 1.29 is 9.53 Å². The van der Waals surface area contributed by atoms with E-state index in [4.69, 9.17) is 4.74 Å². The van der Waals surface area contributed by atoms with Crippen LogP contribution in [0.4, 0.5) is 0 Å². The van der Waals surface area contributed by atoms with E-state index in [1.807, 2.05) is 25.1 Å². The van der Waals surface area contributed by atoms with Crippen molar-refractivity contribution in [3.05, 3.63) is 47.3 Å². The Hall–Kier alpha value is -2.10. The second-order valence-electron chi connectivity index (χ2n) is 4.32. The zero-order valence-electron chi connectivity index (χ0n) is 10.8. The van der Waals surface area contributed by atoms with Gasteiger partial charge in [0.15, 0.2) is 5.78 Å². The fourth-order valence-electron chi connectivity index (χ4n) is 1.89. The number of methoxy groups -OCH3 is 1. The number of hydrogen-bond acceptors (Lipinski definition) is 3. The minimum atomic E-state index is 0.0481. The van der Waals surface area contributed by atoms with Gasteiger partial charge in [-0.15, -0.1) is 0 Å². The van der Waals surface area contributed by atoms with Gasteiger partial charge in [-0.1, -0.05) is 17.7 Å². The van der Waals surface area contributed by atoms with E-state index < -0.39 is 0 Å². The molecule has 0 amide bonds. The van der Waals surface area contributed by atoms with E-state index in [0.29, 0.717) is 12.0 Å². The molecule has 0 bridgehead atoms. The van der Waals surface area contributed by atoms with Crippen molar-refractivity contribution in [1.82, 2.24) is 9.78 Å². The first kappa shape index (κ1) is 12.4. The molecule has 0 saturated carbocycles. The molecule has 2 rings (SSSR count). The molecule has 0 atom stereocenters. The summed E-state index contributed by atoms with van der Waals surface area (Å²) in [5.74, 6) is 0.796. The molecule has 1 aromatic carbocycles. The maximum absolute atomic E-state index is 12.1. The van der Waals surface area contributed by atoms with E-state index in [-0.39, 0.29) is 5.78 Å². The average Bonchev–Trinajstić information content (AvgIpc) is 2.76. The number of benzene rings is 1. The van der Waals surface area contributed by atoms with Gasteiger partial charge >= 0.3 is 0 Å². The summed E-state index contributed by atoms with van der Waals surface area (Å²) < 4.78 is 6.89. The van der Waals surface area contributed by atoms with Crippen LogP contribution in [0.2, 0.25) is 0 Å². The molecule has 0 radical (unpaired) electrons. The standard InChI is InChI=1S/C14H16N2O2/c1-10-4-5-14(18-3)11(6-10)7-13(17)12-8-15-16(2)9-12/h4-6,8-9H,7H2,1-3H3. The third kappa shape index (κ3) is 2.59. The largest absolute Gasteiger partial charge is 0.496 e. The Morgan fingerprint density at radius 2 is 2.22 bits per heavy atom. The van der Waals surface area contributed by atoms with Crippen molar-refractivity contribution in [3.63, 3.8) is 0 Å². The molecule has 0 aliphatic heterocycles. The number of nitrogens with zero attached hydrogens (tertiary/aromatic N) is 2. The highest BCUT2D eigenvalue weighted by molar-refractivity contribution is 5.97. The van der Waals surface area contributed by atoms with E-state index in [1.165, 1.54) is 0 Å². The molecule has 0 fully saturated rings. The summed E-state index contributed by atoms with van der Waals surface area (Å²) in [6.07, 6.45) is 3.64. The summed E-state index contributed by atoms with van der Waals surface area (Å²) in [7, 11) is 3.41. The summed E-state index contributed by atoms with van der Waals surface area (Å²) in [4.78, 5) is 12.1. The predicted molar refractivity (Wildman–Crippen MR) is 69.0 cm³/mol. The number of ether oxygens (including phenoxy) is 1. The minimum absolute atomic E-state index is 0.0481.